The minimum atomic E-state index is -3.61. The second-order valence-corrected chi connectivity index (χ2v) is 7.97. The first-order valence-corrected chi connectivity index (χ1v) is 8.72. The Morgan fingerprint density at radius 1 is 1.50 bits per heavy atom. The van der Waals surface area contributed by atoms with Gasteiger partial charge in [-0.05, 0) is 41.4 Å². The van der Waals surface area contributed by atoms with E-state index < -0.39 is 15.8 Å². The Bertz CT molecular complexity index is 643. The monoisotopic (exact) mass is 363 g/mol. The van der Waals surface area contributed by atoms with Crippen molar-refractivity contribution in [3.8, 4) is 0 Å². The van der Waals surface area contributed by atoms with Crippen molar-refractivity contribution in [1.82, 2.24) is 4.31 Å². The van der Waals surface area contributed by atoms with Gasteiger partial charge in [-0.3, -0.25) is 0 Å². The molecular formula is C13H15BrFNO3S. The van der Waals surface area contributed by atoms with E-state index in [0.29, 0.717) is 17.7 Å². The Morgan fingerprint density at radius 3 is 2.90 bits per heavy atom. The Balaban J connectivity index is 1.99. The lowest BCUT2D eigenvalue weighted by molar-refractivity contribution is 0.164. The molecule has 0 radical (unpaired) electrons. The molecule has 1 fully saturated rings. The van der Waals surface area contributed by atoms with Crippen LogP contribution >= 0.6 is 15.9 Å². The third-order valence-electron chi connectivity index (χ3n) is 4.16. The van der Waals surface area contributed by atoms with E-state index in [1.54, 1.807) is 0 Å². The van der Waals surface area contributed by atoms with E-state index in [4.69, 9.17) is 4.74 Å². The predicted octanol–water partition coefficient (Wildman–Crippen LogP) is 2.52. The van der Waals surface area contributed by atoms with Crippen LogP contribution in [0.1, 0.15) is 18.9 Å². The van der Waals surface area contributed by atoms with Crippen molar-refractivity contribution in [3.05, 3.63) is 28.0 Å². The molecule has 0 aliphatic carbocycles. The summed E-state index contributed by atoms with van der Waals surface area (Å²) in [5.41, 5.74) is 0.255. The Morgan fingerprint density at radius 2 is 2.25 bits per heavy atom. The molecule has 2 heterocycles. The van der Waals surface area contributed by atoms with E-state index in [1.807, 2.05) is 6.92 Å². The molecule has 20 heavy (non-hydrogen) atoms. The molecule has 1 saturated heterocycles. The van der Waals surface area contributed by atoms with Crippen molar-refractivity contribution < 1.29 is 17.5 Å². The molecule has 0 bridgehead atoms. The minimum absolute atomic E-state index is 0.0870. The number of hydrogen-bond donors (Lipinski definition) is 0. The zero-order chi connectivity index (χ0) is 14.5. The summed E-state index contributed by atoms with van der Waals surface area (Å²) in [5, 5.41) is 0. The quantitative estimate of drug-likeness (QED) is 0.810. The van der Waals surface area contributed by atoms with Crippen molar-refractivity contribution in [2.75, 3.05) is 13.2 Å². The van der Waals surface area contributed by atoms with Gasteiger partial charge in [0.15, 0.2) is 0 Å². The van der Waals surface area contributed by atoms with E-state index in [1.165, 1.54) is 16.4 Å². The molecule has 7 heteroatoms. The van der Waals surface area contributed by atoms with Crippen LogP contribution in [0.25, 0.3) is 0 Å². The van der Waals surface area contributed by atoms with E-state index in [0.717, 1.165) is 6.42 Å². The standard InChI is InChI=1S/C13H15BrFNO3S/c1-8(9-4-5-19-7-9)16-6-10-12(20(16,17)18)3-2-11(14)13(10)15/h2-3,8-9H,4-7H2,1H3. The van der Waals surface area contributed by atoms with Gasteiger partial charge in [-0.2, -0.15) is 4.31 Å². The van der Waals surface area contributed by atoms with Gasteiger partial charge in [-0.1, -0.05) is 0 Å². The molecule has 2 aliphatic rings. The molecule has 0 spiro atoms. The highest BCUT2D eigenvalue weighted by atomic mass is 79.9. The van der Waals surface area contributed by atoms with Crippen LogP contribution < -0.4 is 0 Å². The number of sulfonamides is 1. The van der Waals surface area contributed by atoms with E-state index in [-0.39, 0.29) is 29.0 Å². The van der Waals surface area contributed by atoms with Crippen molar-refractivity contribution >= 4 is 26.0 Å². The normalized spacial score (nSPS) is 26.6. The van der Waals surface area contributed by atoms with Crippen LogP contribution in [0.5, 0.6) is 0 Å². The predicted molar refractivity (Wildman–Crippen MR) is 75.2 cm³/mol. The molecule has 110 valence electrons. The maximum Gasteiger partial charge on any atom is 0.244 e. The van der Waals surface area contributed by atoms with Crippen molar-refractivity contribution in [2.45, 2.75) is 30.8 Å². The van der Waals surface area contributed by atoms with Crippen molar-refractivity contribution in [2.24, 2.45) is 5.92 Å². The fourth-order valence-electron chi connectivity index (χ4n) is 2.86. The number of benzene rings is 1. The average molecular weight is 364 g/mol. The third kappa shape index (κ3) is 2.11. The van der Waals surface area contributed by atoms with Crippen LogP contribution in [0.2, 0.25) is 0 Å². The van der Waals surface area contributed by atoms with Crippen LogP contribution in [-0.2, 0) is 21.3 Å². The summed E-state index contributed by atoms with van der Waals surface area (Å²) < 4.78 is 46.2. The number of fused-ring (bicyclic) bond motifs is 1. The first kappa shape index (κ1) is 14.4. The molecule has 2 aliphatic heterocycles. The number of hydrogen-bond acceptors (Lipinski definition) is 3. The third-order valence-corrected chi connectivity index (χ3v) is 6.78. The number of nitrogens with zero attached hydrogens (tertiary/aromatic N) is 1. The summed E-state index contributed by atoms with van der Waals surface area (Å²) in [6, 6.07) is 2.72. The van der Waals surface area contributed by atoms with E-state index in [2.05, 4.69) is 15.9 Å². The lowest BCUT2D eigenvalue weighted by atomic mass is 10.0. The van der Waals surface area contributed by atoms with Crippen LogP contribution in [0, 0.1) is 11.7 Å². The highest BCUT2D eigenvalue weighted by Crippen LogP contribution is 2.38. The molecule has 2 unspecified atom stereocenters. The summed E-state index contributed by atoms with van der Waals surface area (Å²) in [6.07, 6.45) is 0.843. The highest BCUT2D eigenvalue weighted by Gasteiger charge is 2.42. The first-order chi connectivity index (χ1) is 9.43. The zero-order valence-electron chi connectivity index (χ0n) is 11.0. The number of ether oxygens (including phenoxy) is 1. The van der Waals surface area contributed by atoms with Gasteiger partial charge in [0.05, 0.1) is 16.0 Å². The number of rotatable bonds is 2. The molecule has 4 nitrogen and oxygen atoms in total. The van der Waals surface area contributed by atoms with Gasteiger partial charge >= 0.3 is 0 Å². The number of halogens is 2. The summed E-state index contributed by atoms with van der Waals surface area (Å²) in [7, 11) is -3.61. The summed E-state index contributed by atoms with van der Waals surface area (Å²) in [5.74, 6) is -0.311. The summed E-state index contributed by atoms with van der Waals surface area (Å²) in [4.78, 5) is 0.0870. The van der Waals surface area contributed by atoms with Crippen LogP contribution in [0.3, 0.4) is 0 Å². The molecule has 0 saturated carbocycles. The van der Waals surface area contributed by atoms with Gasteiger partial charge in [0.2, 0.25) is 10.0 Å². The highest BCUT2D eigenvalue weighted by molar-refractivity contribution is 9.10. The Hall–Kier alpha value is -0.500. The van der Waals surface area contributed by atoms with Gasteiger partial charge in [0.25, 0.3) is 0 Å². The van der Waals surface area contributed by atoms with Gasteiger partial charge in [-0.15, -0.1) is 0 Å². The second-order valence-electron chi connectivity index (χ2n) is 5.25. The first-order valence-electron chi connectivity index (χ1n) is 6.49. The molecule has 1 aromatic carbocycles. The lowest BCUT2D eigenvalue weighted by Crippen LogP contribution is -2.39. The van der Waals surface area contributed by atoms with Gasteiger partial charge in [0.1, 0.15) is 5.82 Å². The van der Waals surface area contributed by atoms with Crippen LogP contribution in [0.4, 0.5) is 4.39 Å². The maximum atomic E-state index is 14.1. The van der Waals surface area contributed by atoms with E-state index >= 15 is 0 Å². The lowest BCUT2D eigenvalue weighted by Gasteiger charge is -2.27. The molecule has 1 aromatic rings. The summed E-state index contributed by atoms with van der Waals surface area (Å²) >= 11 is 3.10. The molecule has 2 atom stereocenters. The summed E-state index contributed by atoms with van der Waals surface area (Å²) in [6.45, 7) is 3.20. The van der Waals surface area contributed by atoms with Crippen LogP contribution in [0.15, 0.2) is 21.5 Å². The SMILES string of the molecule is CC(C1CCOC1)N1Cc2c(ccc(Br)c2F)S1(=O)=O. The fraction of sp³-hybridized carbons (Fsp3) is 0.538. The molecular weight excluding hydrogens is 349 g/mol. The van der Waals surface area contributed by atoms with Gasteiger partial charge < -0.3 is 4.74 Å². The Kier molecular flexibility index (Phi) is 3.64. The van der Waals surface area contributed by atoms with E-state index in [9.17, 15) is 12.8 Å². The van der Waals surface area contributed by atoms with Crippen LogP contribution in [-0.4, -0.2) is 32.0 Å². The van der Waals surface area contributed by atoms with Gasteiger partial charge in [-0.25, -0.2) is 12.8 Å². The minimum Gasteiger partial charge on any atom is -0.381 e. The molecule has 3 rings (SSSR count). The zero-order valence-corrected chi connectivity index (χ0v) is 13.4. The van der Waals surface area contributed by atoms with Gasteiger partial charge in [0, 0.05) is 30.7 Å². The smallest absolute Gasteiger partial charge is 0.244 e. The Labute approximate surface area is 126 Å². The van der Waals surface area contributed by atoms with Crippen molar-refractivity contribution in [1.29, 1.82) is 0 Å². The molecule has 0 N–H and O–H groups in total. The van der Waals surface area contributed by atoms with Crippen molar-refractivity contribution in [3.63, 3.8) is 0 Å². The maximum absolute atomic E-state index is 14.1. The average Bonchev–Trinajstić information content (AvgIpc) is 3.00. The second kappa shape index (κ2) is 5.05. The largest absolute Gasteiger partial charge is 0.381 e. The molecule has 0 aromatic heterocycles. The fourth-order valence-corrected chi connectivity index (χ4v) is 5.10. The molecule has 0 amide bonds. The topological polar surface area (TPSA) is 46.6 Å².